The Morgan fingerprint density at radius 1 is 1.15 bits per heavy atom. The minimum Gasteiger partial charge on any atom is -0.377 e. The molecule has 3 N–H and O–H groups in total. The zero-order valence-corrected chi connectivity index (χ0v) is 10.9. The van der Waals surface area contributed by atoms with Crippen LogP contribution in [-0.4, -0.2) is 20.9 Å². The van der Waals surface area contributed by atoms with Gasteiger partial charge in [0.1, 0.15) is 5.69 Å². The van der Waals surface area contributed by atoms with E-state index in [-0.39, 0.29) is 17.4 Å². The topological polar surface area (TPSA) is 104 Å². The smallest absolute Gasteiger partial charge is 0.323 e. The van der Waals surface area contributed by atoms with Crippen molar-refractivity contribution in [2.75, 3.05) is 5.32 Å². The third-order valence-corrected chi connectivity index (χ3v) is 3.79. The van der Waals surface area contributed by atoms with E-state index >= 15 is 0 Å². The lowest BCUT2D eigenvalue weighted by molar-refractivity contribution is -0.383. The first-order chi connectivity index (χ1) is 9.63. The van der Waals surface area contributed by atoms with E-state index in [0.717, 1.165) is 25.7 Å². The first kappa shape index (κ1) is 12.7. The van der Waals surface area contributed by atoms with Crippen LogP contribution < -0.4 is 11.0 Å². The molecule has 0 saturated heterocycles. The fourth-order valence-electron chi connectivity index (χ4n) is 2.80. The largest absolute Gasteiger partial charge is 0.377 e. The van der Waals surface area contributed by atoms with Crippen LogP contribution in [0, 0.1) is 10.1 Å². The second kappa shape index (κ2) is 4.99. The van der Waals surface area contributed by atoms with Crippen LogP contribution >= 0.6 is 0 Å². The first-order valence-corrected chi connectivity index (χ1v) is 6.80. The Morgan fingerprint density at radius 3 is 2.45 bits per heavy atom. The number of benzene rings is 1. The summed E-state index contributed by atoms with van der Waals surface area (Å²) >= 11 is 0. The molecule has 20 heavy (non-hydrogen) atoms. The molecule has 0 aliphatic heterocycles. The predicted octanol–water partition coefficient (Wildman–Crippen LogP) is 2.51. The van der Waals surface area contributed by atoms with Crippen LogP contribution in [0.3, 0.4) is 0 Å². The molecule has 0 spiro atoms. The van der Waals surface area contributed by atoms with Crippen LogP contribution in [0.25, 0.3) is 11.0 Å². The highest BCUT2D eigenvalue weighted by atomic mass is 16.6. The predicted molar refractivity (Wildman–Crippen MR) is 76.1 cm³/mol. The number of H-pyrrole nitrogens is 2. The molecular formula is C13H16N4O3. The van der Waals surface area contributed by atoms with Crippen molar-refractivity contribution in [3.8, 4) is 0 Å². The number of anilines is 1. The van der Waals surface area contributed by atoms with Gasteiger partial charge in [0, 0.05) is 12.1 Å². The lowest BCUT2D eigenvalue weighted by atomic mass is 9.95. The number of rotatable bonds is 3. The molecule has 7 nitrogen and oxygen atoms in total. The van der Waals surface area contributed by atoms with Gasteiger partial charge in [-0.25, -0.2) is 4.79 Å². The van der Waals surface area contributed by atoms with Crippen LogP contribution in [0.5, 0.6) is 0 Å². The Bertz CT molecular complexity index is 697. The molecule has 0 unspecified atom stereocenters. The molecule has 0 radical (unpaired) electrons. The zero-order valence-electron chi connectivity index (χ0n) is 10.9. The van der Waals surface area contributed by atoms with Gasteiger partial charge in [0.2, 0.25) is 0 Å². The summed E-state index contributed by atoms with van der Waals surface area (Å²) in [7, 11) is 0. The number of hydrogen-bond acceptors (Lipinski definition) is 4. The second-order valence-electron chi connectivity index (χ2n) is 5.23. The fraction of sp³-hybridized carbons (Fsp3) is 0.462. The van der Waals surface area contributed by atoms with Crippen molar-refractivity contribution in [3.05, 3.63) is 32.7 Å². The lowest BCUT2D eigenvalue weighted by Gasteiger charge is -2.23. The molecule has 1 aromatic carbocycles. The van der Waals surface area contributed by atoms with Crippen LogP contribution in [-0.2, 0) is 0 Å². The Labute approximate surface area is 114 Å². The number of aromatic nitrogens is 2. The van der Waals surface area contributed by atoms with Crippen molar-refractivity contribution >= 4 is 22.4 Å². The highest BCUT2D eigenvalue weighted by Crippen LogP contribution is 2.31. The number of nitro benzene ring substituents is 1. The molecule has 1 aliphatic rings. The van der Waals surface area contributed by atoms with Gasteiger partial charge in [0.25, 0.3) is 5.69 Å². The SMILES string of the molecule is O=c1[nH]c2cc(NC3CCCCC3)c([N+](=O)[O-])cc2[nH]1. The van der Waals surface area contributed by atoms with Crippen molar-refractivity contribution in [3.63, 3.8) is 0 Å². The molecule has 1 aliphatic carbocycles. The van der Waals surface area contributed by atoms with Gasteiger partial charge in [-0.3, -0.25) is 10.1 Å². The summed E-state index contributed by atoms with van der Waals surface area (Å²) in [6, 6.07) is 3.31. The summed E-state index contributed by atoms with van der Waals surface area (Å²) in [4.78, 5) is 27.2. The quantitative estimate of drug-likeness (QED) is 0.591. The summed E-state index contributed by atoms with van der Waals surface area (Å²) in [5.74, 6) is 0. The average molecular weight is 276 g/mol. The summed E-state index contributed by atoms with van der Waals surface area (Å²) < 4.78 is 0. The molecule has 1 aromatic heterocycles. The van der Waals surface area contributed by atoms with Crippen molar-refractivity contribution in [1.29, 1.82) is 0 Å². The highest BCUT2D eigenvalue weighted by Gasteiger charge is 2.20. The molecule has 106 valence electrons. The van der Waals surface area contributed by atoms with Gasteiger partial charge < -0.3 is 15.3 Å². The summed E-state index contributed by atoms with van der Waals surface area (Å²) in [5, 5.41) is 14.4. The minimum atomic E-state index is -0.421. The van der Waals surface area contributed by atoms with Crippen molar-refractivity contribution in [2.24, 2.45) is 0 Å². The van der Waals surface area contributed by atoms with Crippen molar-refractivity contribution in [2.45, 2.75) is 38.1 Å². The lowest BCUT2D eigenvalue weighted by Crippen LogP contribution is -2.22. The van der Waals surface area contributed by atoms with Gasteiger partial charge in [0.05, 0.1) is 16.0 Å². The summed E-state index contributed by atoms with van der Waals surface area (Å²) in [5.41, 5.74) is 1.15. The number of imidazole rings is 1. The van der Waals surface area contributed by atoms with E-state index in [2.05, 4.69) is 15.3 Å². The minimum absolute atomic E-state index is 0.00155. The van der Waals surface area contributed by atoms with Gasteiger partial charge in [-0.2, -0.15) is 0 Å². The molecule has 1 saturated carbocycles. The van der Waals surface area contributed by atoms with Crippen LogP contribution in [0.2, 0.25) is 0 Å². The maximum absolute atomic E-state index is 11.3. The van der Waals surface area contributed by atoms with Crippen LogP contribution in [0.4, 0.5) is 11.4 Å². The van der Waals surface area contributed by atoms with E-state index in [4.69, 9.17) is 0 Å². The number of fused-ring (bicyclic) bond motifs is 1. The standard InChI is InChI=1S/C13H16N4O3/c18-13-15-9-6-11(14-8-4-2-1-3-5-8)12(17(19)20)7-10(9)16-13/h6-8,14H,1-5H2,(H2,15,16,18). The third kappa shape index (κ3) is 2.38. The normalized spacial score (nSPS) is 16.4. The zero-order chi connectivity index (χ0) is 14.1. The van der Waals surface area contributed by atoms with Crippen LogP contribution in [0.1, 0.15) is 32.1 Å². The van der Waals surface area contributed by atoms with E-state index < -0.39 is 4.92 Å². The highest BCUT2D eigenvalue weighted by molar-refractivity contribution is 5.84. The van der Waals surface area contributed by atoms with E-state index in [1.165, 1.54) is 12.5 Å². The van der Waals surface area contributed by atoms with E-state index in [0.29, 0.717) is 16.7 Å². The van der Waals surface area contributed by atoms with Gasteiger partial charge in [0.15, 0.2) is 0 Å². The van der Waals surface area contributed by atoms with Gasteiger partial charge in [-0.05, 0) is 18.9 Å². The Hall–Kier alpha value is -2.31. The van der Waals surface area contributed by atoms with Crippen molar-refractivity contribution in [1.82, 2.24) is 9.97 Å². The maximum atomic E-state index is 11.3. The maximum Gasteiger partial charge on any atom is 0.323 e. The molecule has 7 heteroatoms. The van der Waals surface area contributed by atoms with E-state index in [1.807, 2.05) is 0 Å². The number of nitrogens with zero attached hydrogens (tertiary/aromatic N) is 1. The number of nitrogens with one attached hydrogen (secondary N) is 3. The molecule has 1 fully saturated rings. The van der Waals surface area contributed by atoms with E-state index in [9.17, 15) is 14.9 Å². The molecule has 2 aromatic rings. The Kier molecular flexibility index (Phi) is 3.17. The molecular weight excluding hydrogens is 260 g/mol. The molecule has 3 rings (SSSR count). The monoisotopic (exact) mass is 276 g/mol. The third-order valence-electron chi connectivity index (χ3n) is 3.79. The summed E-state index contributed by atoms with van der Waals surface area (Å²) in [6.07, 6.45) is 5.57. The summed E-state index contributed by atoms with van der Waals surface area (Å²) in [6.45, 7) is 0. The molecule has 1 heterocycles. The molecule has 0 bridgehead atoms. The van der Waals surface area contributed by atoms with Crippen LogP contribution in [0.15, 0.2) is 16.9 Å². The number of nitro groups is 1. The fourth-order valence-corrected chi connectivity index (χ4v) is 2.80. The van der Waals surface area contributed by atoms with Gasteiger partial charge in [-0.15, -0.1) is 0 Å². The Balaban J connectivity index is 1.99. The first-order valence-electron chi connectivity index (χ1n) is 6.80. The number of aromatic amines is 2. The van der Waals surface area contributed by atoms with E-state index in [1.54, 1.807) is 6.07 Å². The van der Waals surface area contributed by atoms with Gasteiger partial charge >= 0.3 is 5.69 Å². The Morgan fingerprint density at radius 2 is 1.80 bits per heavy atom. The molecule has 0 amide bonds. The number of hydrogen-bond donors (Lipinski definition) is 3. The average Bonchev–Trinajstić information content (AvgIpc) is 2.78. The molecule has 0 atom stereocenters. The van der Waals surface area contributed by atoms with Gasteiger partial charge in [-0.1, -0.05) is 19.3 Å². The second-order valence-corrected chi connectivity index (χ2v) is 5.23. The van der Waals surface area contributed by atoms with Crippen molar-refractivity contribution < 1.29 is 4.92 Å².